The van der Waals surface area contributed by atoms with E-state index in [-0.39, 0.29) is 51.1 Å². The van der Waals surface area contributed by atoms with Gasteiger partial charge in [0.2, 0.25) is 0 Å². The summed E-state index contributed by atoms with van der Waals surface area (Å²) >= 11 is 0. The summed E-state index contributed by atoms with van der Waals surface area (Å²) in [6.07, 6.45) is 7.27. The molecule has 114 valence electrons. The first-order chi connectivity index (χ1) is 7.76. The molecule has 0 amide bonds. The van der Waals surface area contributed by atoms with E-state index < -0.39 is 0 Å². The molecule has 2 rings (SSSR count). The summed E-state index contributed by atoms with van der Waals surface area (Å²) in [7, 11) is 1.83. The van der Waals surface area contributed by atoms with Crippen molar-refractivity contribution in [3.8, 4) is 0 Å². The Labute approximate surface area is 142 Å². The average molecular weight is 412 g/mol. The molecule has 2 fully saturated rings. The first-order valence-electron chi connectivity index (χ1n) is 6.19. The van der Waals surface area contributed by atoms with Crippen molar-refractivity contribution < 1.29 is 46.4 Å². The molecule has 1 aliphatic carbocycles. The second kappa shape index (κ2) is 11.6. The number of piperidine rings is 1. The van der Waals surface area contributed by atoms with Crippen LogP contribution in [0.15, 0.2) is 12.9 Å². The van der Waals surface area contributed by atoms with Crippen LogP contribution < -0.4 is 0 Å². The van der Waals surface area contributed by atoms with Crippen LogP contribution >= 0.6 is 0 Å². The molecule has 0 aromatic rings. The number of nitrogens with zero attached hydrogens (tertiary/aromatic N) is 1. The van der Waals surface area contributed by atoms with Gasteiger partial charge in [0.25, 0.3) is 0 Å². The molecular weight excluding hydrogens is 384 g/mol. The van der Waals surface area contributed by atoms with E-state index in [1.807, 2.05) is 7.11 Å². The minimum Gasteiger partial charge on any atom is -0.384 e. The van der Waals surface area contributed by atoms with Crippen molar-refractivity contribution in [2.24, 2.45) is 5.41 Å². The number of ether oxygens (including phenoxy) is 1. The number of methoxy groups -OCH3 is 1. The molecular formula is C14H27ErFNO-. The zero-order chi connectivity index (χ0) is 11.9. The molecule has 1 heterocycles. The predicted molar refractivity (Wildman–Crippen MR) is 71.6 cm³/mol. The molecule has 0 atom stereocenters. The van der Waals surface area contributed by atoms with Crippen LogP contribution in [0.4, 0.5) is 4.39 Å². The van der Waals surface area contributed by atoms with Gasteiger partial charge in [-0.3, -0.25) is 0 Å². The average Bonchev–Trinajstić information content (AvgIpc) is 3.01. The van der Waals surface area contributed by atoms with Crippen molar-refractivity contribution in [1.82, 2.24) is 4.90 Å². The maximum atomic E-state index is 10.1. The summed E-state index contributed by atoms with van der Waals surface area (Å²) in [6, 6.07) is 0. The van der Waals surface area contributed by atoms with Crippen LogP contribution in [0.1, 0.15) is 32.1 Å². The molecule has 1 saturated carbocycles. The van der Waals surface area contributed by atoms with Gasteiger partial charge < -0.3 is 17.1 Å². The van der Waals surface area contributed by atoms with Crippen molar-refractivity contribution in [1.29, 1.82) is 0 Å². The molecule has 0 radical (unpaired) electrons. The Kier molecular flexibility index (Phi) is 13.7. The van der Waals surface area contributed by atoms with E-state index in [9.17, 15) is 4.39 Å². The number of likely N-dealkylation sites (tertiary alicyclic amines) is 1. The molecule has 0 unspecified atom stereocenters. The third-order valence-electron chi connectivity index (χ3n) is 3.42. The Balaban J connectivity index is 0. The van der Waals surface area contributed by atoms with E-state index in [0.29, 0.717) is 5.41 Å². The van der Waals surface area contributed by atoms with Gasteiger partial charge in [0.15, 0.2) is 0 Å². The fourth-order valence-electron chi connectivity index (χ4n) is 2.42. The second-order valence-corrected chi connectivity index (χ2v) is 4.92. The summed E-state index contributed by atoms with van der Waals surface area (Å²) in [5.41, 5.74) is 0.562. The van der Waals surface area contributed by atoms with Gasteiger partial charge in [-0.05, 0) is 38.8 Å². The number of halogens is 1. The molecule has 0 aromatic carbocycles. The van der Waals surface area contributed by atoms with Gasteiger partial charge in [-0.25, -0.2) is 4.39 Å². The van der Waals surface area contributed by atoms with Gasteiger partial charge in [0, 0.05) is 56.4 Å². The summed E-state index contributed by atoms with van der Waals surface area (Å²) in [4.78, 5) is 2.63. The van der Waals surface area contributed by atoms with E-state index >= 15 is 0 Å². The fraction of sp³-hybridized carbons (Fsp3) is 0.786. The van der Waals surface area contributed by atoms with Crippen LogP contribution in [0.25, 0.3) is 0 Å². The van der Waals surface area contributed by atoms with Gasteiger partial charge >= 0.3 is 0 Å². The standard InChI is InChI=1S/C11H21NO.C2H3F.CH3.Er/c1-13-10-11(5-6-11)9-12-7-3-2-4-8-12;1-2-3;;/h2-10H2,1H3;2H,1H2;1H3;/q;;-1;. The zero-order valence-corrected chi connectivity index (χ0v) is 13.5. The van der Waals surface area contributed by atoms with Gasteiger partial charge in [0.1, 0.15) is 0 Å². The van der Waals surface area contributed by atoms with Gasteiger partial charge in [-0.2, -0.15) is 0 Å². The molecule has 18 heavy (non-hydrogen) atoms. The summed E-state index contributed by atoms with van der Waals surface area (Å²) in [6.45, 7) is 7.61. The minimum atomic E-state index is 0. The molecule has 4 heteroatoms. The fourth-order valence-corrected chi connectivity index (χ4v) is 2.42. The van der Waals surface area contributed by atoms with E-state index in [1.54, 1.807) is 0 Å². The SMILES string of the molecule is C=CF.COCC1(CN2CCCCC2)CC1.[CH3-].[Er]. The first kappa shape index (κ1) is 21.1. The monoisotopic (exact) mass is 410 g/mol. The van der Waals surface area contributed by atoms with Crippen LogP contribution in [-0.2, 0) is 4.74 Å². The van der Waals surface area contributed by atoms with Gasteiger partial charge in [-0.15, -0.1) is 0 Å². The molecule has 0 N–H and O–H groups in total. The predicted octanol–water partition coefficient (Wildman–Crippen LogP) is 3.45. The minimum absolute atomic E-state index is 0. The van der Waals surface area contributed by atoms with E-state index in [2.05, 4.69) is 11.5 Å². The normalized spacial score (nSPS) is 20.6. The van der Waals surface area contributed by atoms with Crippen LogP contribution in [0.3, 0.4) is 0 Å². The molecule has 0 bridgehead atoms. The van der Waals surface area contributed by atoms with E-state index in [0.717, 1.165) is 6.61 Å². The summed E-state index contributed by atoms with van der Waals surface area (Å²) < 4.78 is 15.3. The maximum absolute atomic E-state index is 10.1. The molecule has 2 aliphatic rings. The van der Waals surface area contributed by atoms with Crippen LogP contribution in [0, 0.1) is 50.1 Å². The van der Waals surface area contributed by atoms with Gasteiger partial charge in [0.05, 0.1) is 12.9 Å². The maximum Gasteiger partial charge on any atom is 0.0795 e. The van der Waals surface area contributed by atoms with Crippen LogP contribution in [-0.4, -0.2) is 38.3 Å². The Morgan fingerprint density at radius 3 is 2.17 bits per heavy atom. The van der Waals surface area contributed by atoms with E-state index in [1.165, 1.54) is 51.7 Å². The summed E-state index contributed by atoms with van der Waals surface area (Å²) in [5, 5.41) is 0. The quantitative estimate of drug-likeness (QED) is 0.657. The topological polar surface area (TPSA) is 12.5 Å². The molecule has 1 aliphatic heterocycles. The molecule has 0 aromatic heterocycles. The largest absolute Gasteiger partial charge is 0.384 e. The van der Waals surface area contributed by atoms with Gasteiger partial charge in [-0.1, -0.05) is 13.0 Å². The van der Waals surface area contributed by atoms with E-state index in [4.69, 9.17) is 4.74 Å². The Bertz CT molecular complexity index is 204. The van der Waals surface area contributed by atoms with Crippen molar-refractivity contribution in [3.05, 3.63) is 20.3 Å². The first-order valence-corrected chi connectivity index (χ1v) is 6.19. The van der Waals surface area contributed by atoms with Crippen molar-refractivity contribution in [2.75, 3.05) is 33.4 Å². The van der Waals surface area contributed by atoms with Crippen LogP contribution in [0.2, 0.25) is 0 Å². The molecule has 1 saturated heterocycles. The third kappa shape index (κ3) is 8.10. The third-order valence-corrected chi connectivity index (χ3v) is 3.42. The van der Waals surface area contributed by atoms with Crippen molar-refractivity contribution in [3.63, 3.8) is 0 Å². The Hall–Kier alpha value is 0.837. The zero-order valence-electron chi connectivity index (χ0n) is 11.7. The number of hydrogen-bond donors (Lipinski definition) is 0. The number of hydrogen-bond acceptors (Lipinski definition) is 2. The van der Waals surface area contributed by atoms with Crippen molar-refractivity contribution in [2.45, 2.75) is 32.1 Å². The summed E-state index contributed by atoms with van der Waals surface area (Å²) in [5.74, 6) is 0. The Morgan fingerprint density at radius 2 is 1.78 bits per heavy atom. The smallest absolute Gasteiger partial charge is 0.0795 e. The van der Waals surface area contributed by atoms with Crippen LogP contribution in [0.5, 0.6) is 0 Å². The Morgan fingerprint density at radius 1 is 1.28 bits per heavy atom. The number of rotatable bonds is 4. The molecule has 0 spiro atoms. The van der Waals surface area contributed by atoms with Crippen molar-refractivity contribution >= 4 is 0 Å². The molecule has 2 nitrogen and oxygen atoms in total. The second-order valence-electron chi connectivity index (χ2n) is 4.92.